The first kappa shape index (κ1) is 17.5. The molecule has 122 valence electrons. The average Bonchev–Trinajstić information content (AvgIpc) is 3.07. The van der Waals surface area contributed by atoms with Crippen LogP contribution in [-0.2, 0) is 4.79 Å². The Labute approximate surface area is 143 Å². The van der Waals surface area contributed by atoms with Crippen LogP contribution in [0, 0.1) is 0 Å². The Kier molecular flexibility index (Phi) is 7.08. The van der Waals surface area contributed by atoms with Gasteiger partial charge in [-0.25, -0.2) is 0 Å². The molecule has 7 nitrogen and oxygen atoms in total. The Morgan fingerprint density at radius 3 is 2.83 bits per heavy atom. The summed E-state index contributed by atoms with van der Waals surface area (Å²) in [5.74, 6) is 1.97. The van der Waals surface area contributed by atoms with Gasteiger partial charge in [0.15, 0.2) is 10.8 Å². The van der Waals surface area contributed by atoms with Crippen LogP contribution in [0.25, 0.3) is 0 Å². The lowest BCUT2D eigenvalue weighted by molar-refractivity contribution is -0.110. The molecule has 1 N–H and O–H groups in total. The molecule has 0 fully saturated rings. The quantitative estimate of drug-likeness (QED) is 0.352. The summed E-state index contributed by atoms with van der Waals surface area (Å²) in [6, 6.07) is 7.31. The molecule has 0 aromatic heterocycles. The van der Waals surface area contributed by atoms with Crippen LogP contribution in [0.5, 0.6) is 5.75 Å². The van der Waals surface area contributed by atoms with E-state index in [0.29, 0.717) is 28.4 Å². The number of thioether (sulfide) groups is 2. The maximum atomic E-state index is 11.6. The molecule has 1 aliphatic rings. The molecule has 0 spiro atoms. The van der Waals surface area contributed by atoms with Crippen molar-refractivity contribution in [1.82, 2.24) is 0 Å². The fourth-order valence-electron chi connectivity index (χ4n) is 1.56. The number of nitrogens with zero attached hydrogens (tertiary/aromatic N) is 4. The van der Waals surface area contributed by atoms with E-state index in [4.69, 9.17) is 4.74 Å². The fraction of sp³-hybridized carbons (Fsp3) is 0.357. The van der Waals surface area contributed by atoms with E-state index in [1.165, 1.54) is 30.4 Å². The number of hydrazone groups is 1. The topological polar surface area (TPSA) is 87.8 Å². The van der Waals surface area contributed by atoms with Crippen molar-refractivity contribution in [2.24, 2.45) is 20.3 Å². The molecule has 1 aliphatic heterocycles. The van der Waals surface area contributed by atoms with Crippen LogP contribution >= 0.6 is 23.5 Å². The lowest BCUT2D eigenvalue weighted by Gasteiger charge is -2.05. The number of aliphatic imine (C=N–C) groups is 1. The van der Waals surface area contributed by atoms with Crippen molar-refractivity contribution in [3.63, 3.8) is 0 Å². The molecule has 0 amide bonds. The molecular formula is C14H17N5O2S2. The van der Waals surface area contributed by atoms with E-state index < -0.39 is 0 Å². The number of anilines is 1. The molecule has 0 bridgehead atoms. The Hall–Kier alpha value is -1.87. The van der Waals surface area contributed by atoms with Gasteiger partial charge in [-0.2, -0.15) is 10.2 Å². The number of Topliss-reactive ketones (excluding diaryl/α,β-unsaturated/α-hetero) is 1. The van der Waals surface area contributed by atoms with Crippen molar-refractivity contribution < 1.29 is 9.53 Å². The molecule has 9 heteroatoms. The second kappa shape index (κ2) is 9.31. The molecular weight excluding hydrogens is 334 g/mol. The van der Waals surface area contributed by atoms with Gasteiger partial charge in [0, 0.05) is 12.7 Å². The van der Waals surface area contributed by atoms with Crippen LogP contribution in [0.4, 0.5) is 5.69 Å². The minimum Gasteiger partial charge on any atom is -0.497 e. The maximum Gasteiger partial charge on any atom is 0.205 e. The molecule has 0 unspecified atom stereocenters. The zero-order valence-electron chi connectivity index (χ0n) is 12.9. The largest absolute Gasteiger partial charge is 0.497 e. The summed E-state index contributed by atoms with van der Waals surface area (Å²) in [6.07, 6.45) is 0. The van der Waals surface area contributed by atoms with Crippen LogP contribution in [0.2, 0.25) is 0 Å². The first-order valence-corrected chi connectivity index (χ1v) is 8.82. The lowest BCUT2D eigenvalue weighted by Crippen LogP contribution is -2.09. The highest BCUT2D eigenvalue weighted by molar-refractivity contribution is 8.15. The van der Waals surface area contributed by atoms with Crippen LogP contribution in [0.3, 0.4) is 0 Å². The normalized spacial score (nSPS) is 15.9. The van der Waals surface area contributed by atoms with E-state index in [1.807, 2.05) is 24.3 Å². The Morgan fingerprint density at radius 2 is 2.22 bits per heavy atom. The van der Waals surface area contributed by atoms with Gasteiger partial charge in [-0.15, -0.1) is 5.11 Å². The molecule has 2 rings (SSSR count). The minimum atomic E-state index is -0.0846. The van der Waals surface area contributed by atoms with Gasteiger partial charge in [0.05, 0.1) is 19.3 Å². The first-order chi connectivity index (χ1) is 11.2. The van der Waals surface area contributed by atoms with Crippen LogP contribution in [0.15, 0.2) is 44.6 Å². The number of methoxy groups -OCH3 is 1. The molecule has 0 atom stereocenters. The summed E-state index contributed by atoms with van der Waals surface area (Å²) in [6.45, 7) is 2.06. The van der Waals surface area contributed by atoms with Gasteiger partial charge in [0.1, 0.15) is 11.6 Å². The summed E-state index contributed by atoms with van der Waals surface area (Å²) in [5, 5.41) is 13.0. The van der Waals surface area contributed by atoms with Gasteiger partial charge >= 0.3 is 0 Å². The zero-order chi connectivity index (χ0) is 16.5. The minimum absolute atomic E-state index is 0.0846. The standard InChI is InChI=1S/C14H17N5O2S2/c1-10(20)13(22-8-7-15-14-19-16-9-23-14)18-17-11-3-5-12(21-2)6-4-11/h3-6,17H,7-9H2,1-2H3. The molecule has 0 radical (unpaired) electrons. The summed E-state index contributed by atoms with van der Waals surface area (Å²) >= 11 is 2.87. The molecule has 1 heterocycles. The van der Waals surface area contributed by atoms with E-state index in [2.05, 4.69) is 25.7 Å². The molecule has 1 aromatic rings. The maximum absolute atomic E-state index is 11.6. The number of amidine groups is 1. The van der Waals surface area contributed by atoms with Crippen LogP contribution in [0.1, 0.15) is 6.92 Å². The number of benzene rings is 1. The summed E-state index contributed by atoms with van der Waals surface area (Å²) in [7, 11) is 1.61. The number of ketones is 1. The van der Waals surface area contributed by atoms with Gasteiger partial charge in [-0.1, -0.05) is 23.5 Å². The van der Waals surface area contributed by atoms with Gasteiger partial charge in [-0.05, 0) is 24.3 Å². The van der Waals surface area contributed by atoms with Gasteiger partial charge < -0.3 is 4.74 Å². The Bertz CT molecular complexity index is 629. The van der Waals surface area contributed by atoms with E-state index in [1.54, 1.807) is 7.11 Å². The van der Waals surface area contributed by atoms with Gasteiger partial charge in [-0.3, -0.25) is 15.2 Å². The van der Waals surface area contributed by atoms with Gasteiger partial charge in [0.2, 0.25) is 5.17 Å². The lowest BCUT2D eigenvalue weighted by atomic mass is 10.3. The predicted molar refractivity (Wildman–Crippen MR) is 96.8 cm³/mol. The average molecular weight is 351 g/mol. The predicted octanol–water partition coefficient (Wildman–Crippen LogP) is 3.26. The number of rotatable bonds is 7. The number of azo groups is 1. The third kappa shape index (κ3) is 6.03. The van der Waals surface area contributed by atoms with Crippen LogP contribution < -0.4 is 10.2 Å². The highest BCUT2D eigenvalue weighted by Crippen LogP contribution is 2.16. The number of ether oxygens (including phenoxy) is 1. The third-order valence-corrected chi connectivity index (χ3v) is 4.41. The molecule has 0 saturated carbocycles. The SMILES string of the molecule is COc1ccc(NN=C(SCCN=C2N=NCS2)C(C)=O)cc1. The zero-order valence-corrected chi connectivity index (χ0v) is 14.5. The molecule has 23 heavy (non-hydrogen) atoms. The smallest absolute Gasteiger partial charge is 0.205 e. The van der Waals surface area contributed by atoms with Crippen molar-refractivity contribution >= 4 is 45.2 Å². The first-order valence-electron chi connectivity index (χ1n) is 6.85. The van der Waals surface area contributed by atoms with Crippen molar-refractivity contribution in [3.8, 4) is 5.75 Å². The summed E-state index contributed by atoms with van der Waals surface area (Å²) < 4.78 is 5.09. The Morgan fingerprint density at radius 1 is 1.43 bits per heavy atom. The van der Waals surface area contributed by atoms with E-state index >= 15 is 0 Å². The van der Waals surface area contributed by atoms with E-state index in [0.717, 1.165) is 11.4 Å². The second-order valence-electron chi connectivity index (χ2n) is 4.34. The van der Waals surface area contributed by atoms with Crippen molar-refractivity contribution in [2.45, 2.75) is 6.92 Å². The number of hydrogen-bond donors (Lipinski definition) is 1. The van der Waals surface area contributed by atoms with E-state index in [-0.39, 0.29) is 5.78 Å². The molecule has 1 aromatic carbocycles. The molecule has 0 aliphatic carbocycles. The number of nitrogens with one attached hydrogen (secondary N) is 1. The highest BCUT2D eigenvalue weighted by Gasteiger charge is 2.08. The fourth-order valence-corrected chi connectivity index (χ4v) is 2.78. The second-order valence-corrected chi connectivity index (χ2v) is 6.34. The monoisotopic (exact) mass is 351 g/mol. The highest BCUT2D eigenvalue weighted by atomic mass is 32.2. The van der Waals surface area contributed by atoms with Crippen molar-refractivity contribution in [1.29, 1.82) is 0 Å². The third-order valence-electron chi connectivity index (χ3n) is 2.66. The van der Waals surface area contributed by atoms with Crippen LogP contribution in [-0.4, -0.2) is 41.3 Å². The number of carbonyl (C=O) groups is 1. The van der Waals surface area contributed by atoms with E-state index in [9.17, 15) is 4.79 Å². The van der Waals surface area contributed by atoms with Gasteiger partial charge in [0.25, 0.3) is 0 Å². The van der Waals surface area contributed by atoms with Crippen molar-refractivity contribution in [2.75, 3.05) is 30.7 Å². The number of hydrogen-bond acceptors (Lipinski definition) is 8. The molecule has 0 saturated heterocycles. The Balaban J connectivity index is 1.85. The summed E-state index contributed by atoms with van der Waals surface area (Å²) in [5.41, 5.74) is 3.66. The number of carbonyl (C=O) groups excluding carboxylic acids is 1. The van der Waals surface area contributed by atoms with Crippen molar-refractivity contribution in [3.05, 3.63) is 24.3 Å². The summed E-state index contributed by atoms with van der Waals surface area (Å²) in [4.78, 5) is 15.9.